The standard InChI is InChI=1S/C5H13N4O2/c1-6-4-3-5-8(2)9(11)7-10/h6H,3-5H2,1-2H3/q-1/p+1. The fourth-order valence-corrected chi connectivity index (χ4v) is 0.672. The van der Waals surface area contributed by atoms with Gasteiger partial charge in [-0.15, -0.1) is 4.91 Å². The number of hydrazine groups is 1. The summed E-state index contributed by atoms with van der Waals surface area (Å²) in [5.41, 5.74) is 0. The summed E-state index contributed by atoms with van der Waals surface area (Å²) in [6.07, 6.45) is 0.862. The molecule has 0 aliphatic carbocycles. The third kappa shape index (κ3) is 4.65. The highest BCUT2D eigenvalue weighted by molar-refractivity contribution is 4.46. The van der Waals surface area contributed by atoms with Crippen LogP contribution in [0.1, 0.15) is 6.42 Å². The summed E-state index contributed by atoms with van der Waals surface area (Å²) in [6.45, 7) is 1.50. The third-order valence-electron chi connectivity index (χ3n) is 1.34. The normalized spacial score (nSPS) is 10.2. The molecule has 0 aromatic carbocycles. The highest BCUT2D eigenvalue weighted by Crippen LogP contribution is 1.92. The van der Waals surface area contributed by atoms with Crippen LogP contribution in [0.3, 0.4) is 0 Å². The Morgan fingerprint density at radius 2 is 2.27 bits per heavy atom. The summed E-state index contributed by atoms with van der Waals surface area (Å²) in [6, 6.07) is 0. The van der Waals surface area contributed by atoms with Gasteiger partial charge < -0.3 is 10.5 Å². The first-order valence-corrected chi connectivity index (χ1v) is 3.51. The molecule has 0 amide bonds. The zero-order valence-corrected chi connectivity index (χ0v) is 6.86. The van der Waals surface area contributed by atoms with Crippen molar-refractivity contribution in [2.45, 2.75) is 6.42 Å². The molecule has 6 nitrogen and oxygen atoms in total. The Kier molecular flexibility index (Phi) is 5.63. The number of nitroso groups, excluding NO2 is 1. The van der Waals surface area contributed by atoms with E-state index in [4.69, 9.17) is 0 Å². The van der Waals surface area contributed by atoms with Crippen LogP contribution in [0.5, 0.6) is 0 Å². The molecule has 66 valence electrons. The van der Waals surface area contributed by atoms with Crippen molar-refractivity contribution in [2.75, 3.05) is 27.2 Å². The van der Waals surface area contributed by atoms with Gasteiger partial charge in [-0.3, -0.25) is 5.28 Å². The second-order valence-corrected chi connectivity index (χ2v) is 2.27. The molecule has 2 N–H and O–H groups in total. The largest absolute Gasteiger partial charge is 0.724 e. The Bertz CT molecular complexity index is 111. The number of rotatable bonds is 6. The van der Waals surface area contributed by atoms with Crippen LogP contribution < -0.4 is 5.32 Å². The number of nitrogens with zero attached hydrogens (tertiary/aromatic N) is 3. The molecule has 6 heteroatoms. The molecule has 0 aliphatic heterocycles. The molecular formula is C5H14N4O2. The minimum atomic E-state index is 0.0513. The van der Waals surface area contributed by atoms with E-state index < -0.39 is 0 Å². The SMILES string of the molecule is C[NH2+]CCCN(C)N([O-])N=O. The monoisotopic (exact) mass is 162 g/mol. The maximum absolute atomic E-state index is 10.5. The van der Waals surface area contributed by atoms with Crippen molar-refractivity contribution < 1.29 is 5.32 Å². The Morgan fingerprint density at radius 3 is 2.73 bits per heavy atom. The number of nitrogens with two attached hydrogens (primary N) is 1. The van der Waals surface area contributed by atoms with Crippen molar-refractivity contribution in [2.24, 2.45) is 5.29 Å². The van der Waals surface area contributed by atoms with Crippen molar-refractivity contribution in [1.29, 1.82) is 0 Å². The lowest BCUT2D eigenvalue weighted by molar-refractivity contribution is -0.627. The van der Waals surface area contributed by atoms with Gasteiger partial charge in [0.15, 0.2) is 0 Å². The van der Waals surface area contributed by atoms with E-state index in [0.29, 0.717) is 6.54 Å². The molecule has 0 fully saturated rings. The average molecular weight is 162 g/mol. The van der Waals surface area contributed by atoms with Crippen LogP contribution in [0.15, 0.2) is 5.29 Å². The van der Waals surface area contributed by atoms with Gasteiger partial charge in [-0.2, -0.15) is 0 Å². The maximum atomic E-state index is 10.5. The Hall–Kier alpha value is -0.720. The third-order valence-corrected chi connectivity index (χ3v) is 1.34. The smallest absolute Gasteiger partial charge is 0.0766 e. The first-order valence-electron chi connectivity index (χ1n) is 3.51. The predicted molar refractivity (Wildman–Crippen MR) is 41.0 cm³/mol. The molecule has 0 spiro atoms. The summed E-state index contributed by atoms with van der Waals surface area (Å²) in [4.78, 5) is 9.69. The highest BCUT2D eigenvalue weighted by atomic mass is 16.6. The zero-order chi connectivity index (χ0) is 8.69. The zero-order valence-electron chi connectivity index (χ0n) is 6.86. The number of hydrogen-bond acceptors (Lipinski definition) is 4. The molecule has 0 saturated carbocycles. The van der Waals surface area contributed by atoms with Gasteiger partial charge >= 0.3 is 0 Å². The van der Waals surface area contributed by atoms with Crippen LogP contribution in [-0.2, 0) is 0 Å². The highest BCUT2D eigenvalue weighted by Gasteiger charge is 1.98. The first kappa shape index (κ1) is 10.3. The van der Waals surface area contributed by atoms with Gasteiger partial charge in [-0.1, -0.05) is 0 Å². The van der Waals surface area contributed by atoms with Gasteiger partial charge in [0.25, 0.3) is 0 Å². The molecule has 0 saturated heterocycles. The topological polar surface area (TPSA) is 75.6 Å². The molecule has 11 heavy (non-hydrogen) atoms. The lowest BCUT2D eigenvalue weighted by Gasteiger charge is -2.29. The van der Waals surface area contributed by atoms with Crippen LogP contribution in [0.4, 0.5) is 0 Å². The molecule has 0 rings (SSSR count). The maximum Gasteiger partial charge on any atom is 0.0766 e. The van der Waals surface area contributed by atoms with Gasteiger partial charge in [0.2, 0.25) is 0 Å². The summed E-state index contributed by atoms with van der Waals surface area (Å²) in [5, 5.41) is 16.0. The second kappa shape index (κ2) is 6.02. The second-order valence-electron chi connectivity index (χ2n) is 2.27. The minimum absolute atomic E-state index is 0.0513. The molecule has 0 unspecified atom stereocenters. The van der Waals surface area contributed by atoms with Gasteiger partial charge in [-0.05, 0) is 0 Å². The van der Waals surface area contributed by atoms with Crippen molar-refractivity contribution in [3.8, 4) is 0 Å². The predicted octanol–water partition coefficient (Wildman–Crippen LogP) is -1.10. The lowest BCUT2D eigenvalue weighted by Crippen LogP contribution is -2.79. The van der Waals surface area contributed by atoms with Crippen molar-refractivity contribution in [3.63, 3.8) is 0 Å². The summed E-state index contributed by atoms with van der Waals surface area (Å²) < 4.78 is 0. The van der Waals surface area contributed by atoms with E-state index in [0.717, 1.165) is 13.0 Å². The van der Waals surface area contributed by atoms with E-state index in [9.17, 15) is 10.1 Å². The number of hydrogen-bond donors (Lipinski definition) is 1. The molecule has 0 aliphatic rings. The number of quaternary nitrogens is 1. The average Bonchev–Trinajstić information content (AvgIpc) is 2.03. The van der Waals surface area contributed by atoms with E-state index in [1.807, 2.05) is 12.4 Å². The quantitative estimate of drug-likeness (QED) is 0.305. The van der Waals surface area contributed by atoms with Crippen molar-refractivity contribution in [1.82, 2.24) is 10.3 Å². The van der Waals surface area contributed by atoms with Crippen LogP contribution in [0.25, 0.3) is 0 Å². The Morgan fingerprint density at radius 1 is 1.64 bits per heavy atom. The molecule has 0 heterocycles. The molecule has 0 radical (unpaired) electrons. The van der Waals surface area contributed by atoms with Crippen LogP contribution in [0.2, 0.25) is 0 Å². The van der Waals surface area contributed by atoms with E-state index >= 15 is 0 Å². The molecule has 0 bridgehead atoms. The van der Waals surface area contributed by atoms with Gasteiger partial charge in [0, 0.05) is 20.0 Å². The fraction of sp³-hybridized carbons (Fsp3) is 1.00. The van der Waals surface area contributed by atoms with Crippen LogP contribution in [-0.4, -0.2) is 37.5 Å². The van der Waals surface area contributed by atoms with Crippen molar-refractivity contribution >= 4 is 0 Å². The fourth-order valence-electron chi connectivity index (χ4n) is 0.672. The van der Waals surface area contributed by atoms with E-state index in [2.05, 4.69) is 5.29 Å². The van der Waals surface area contributed by atoms with Crippen LogP contribution >= 0.6 is 0 Å². The van der Waals surface area contributed by atoms with E-state index in [1.165, 1.54) is 12.1 Å². The molecule has 0 atom stereocenters. The summed E-state index contributed by atoms with van der Waals surface area (Å²) in [5.74, 6) is 0. The Balaban J connectivity index is 3.35. The van der Waals surface area contributed by atoms with Crippen LogP contribution in [0, 0.1) is 10.1 Å². The molecule has 0 aromatic rings. The lowest BCUT2D eigenvalue weighted by atomic mass is 10.4. The minimum Gasteiger partial charge on any atom is -0.724 e. The van der Waals surface area contributed by atoms with Gasteiger partial charge in [0.1, 0.15) is 0 Å². The van der Waals surface area contributed by atoms with Gasteiger partial charge in [-0.25, -0.2) is 5.01 Å². The van der Waals surface area contributed by atoms with E-state index in [-0.39, 0.29) is 5.28 Å². The summed E-state index contributed by atoms with van der Waals surface area (Å²) >= 11 is 0. The van der Waals surface area contributed by atoms with Gasteiger partial charge in [0.05, 0.1) is 18.9 Å². The molecular weight excluding hydrogens is 148 g/mol. The first-order chi connectivity index (χ1) is 5.22. The summed E-state index contributed by atoms with van der Waals surface area (Å²) in [7, 11) is 3.48. The Labute approximate surface area is 65.7 Å². The molecule has 0 aromatic heterocycles. The van der Waals surface area contributed by atoms with Crippen molar-refractivity contribution in [3.05, 3.63) is 10.1 Å². The van der Waals surface area contributed by atoms with E-state index in [1.54, 1.807) is 0 Å².